The number of halogens is 15. The lowest BCUT2D eigenvalue weighted by molar-refractivity contribution is -0.275. The molecule has 49 heavy (non-hydrogen) atoms. The van der Waals surface area contributed by atoms with Crippen LogP contribution in [0.3, 0.4) is 0 Å². The van der Waals surface area contributed by atoms with Crippen LogP contribution in [0.15, 0.2) is 35.5 Å². The van der Waals surface area contributed by atoms with Gasteiger partial charge in [-0.05, 0) is 42.3 Å². The van der Waals surface area contributed by atoms with E-state index >= 15 is 0 Å². The molecule has 0 saturated carbocycles. The number of anilines is 1. The van der Waals surface area contributed by atoms with Crippen molar-refractivity contribution in [2.45, 2.75) is 63.0 Å². The van der Waals surface area contributed by atoms with Gasteiger partial charge in [-0.25, -0.2) is 9.07 Å². The van der Waals surface area contributed by atoms with E-state index in [0.29, 0.717) is 12.1 Å². The van der Waals surface area contributed by atoms with Crippen LogP contribution in [0.4, 0.5) is 63.0 Å². The van der Waals surface area contributed by atoms with Gasteiger partial charge in [-0.15, -0.1) is 5.10 Å². The zero-order valence-corrected chi connectivity index (χ0v) is 25.7. The molecule has 1 aliphatic rings. The van der Waals surface area contributed by atoms with Crippen LogP contribution >= 0.6 is 23.2 Å². The Hall–Kier alpha value is -3.81. The van der Waals surface area contributed by atoms with Crippen molar-refractivity contribution in [2.24, 2.45) is 5.16 Å². The molecule has 7 nitrogen and oxygen atoms in total. The van der Waals surface area contributed by atoms with E-state index in [9.17, 15) is 61.9 Å². The average Bonchev–Trinajstić information content (AvgIpc) is 3.56. The number of hydrogen-bond acceptors (Lipinski definition) is 5. The Kier molecular flexibility index (Phi) is 10.2. The Morgan fingerprint density at radius 2 is 1.55 bits per heavy atom. The van der Waals surface area contributed by atoms with Crippen LogP contribution in [-0.2, 0) is 23.4 Å². The molecule has 1 aliphatic heterocycles. The number of amides is 1. The highest BCUT2D eigenvalue weighted by molar-refractivity contribution is 6.35. The highest BCUT2D eigenvalue weighted by Gasteiger charge is 2.62. The molecular formula is C27H18Cl2F13N5O2. The molecule has 0 saturated heterocycles. The van der Waals surface area contributed by atoms with Crippen molar-refractivity contribution in [3.63, 3.8) is 0 Å². The van der Waals surface area contributed by atoms with Gasteiger partial charge in [0.1, 0.15) is 18.9 Å². The number of oxime groups is 1. The van der Waals surface area contributed by atoms with Crippen molar-refractivity contribution in [1.82, 2.24) is 14.8 Å². The number of benzene rings is 2. The standard InChI is InChI=1S/C27H18Cl2F13N5O2/c1-12-6-13(18-9-23(49-45-18,27(40,41)42)14-7-16(28)20(30)17(29)8-14)2-3-15(12)21(48)46(10-25(34,35)36)22-43-19(4-5-24(31,32)33)47(44-22)11-26(37,38)39/h2-3,6-8H,4-5,9-11H2,1H3. The zero-order valence-electron chi connectivity index (χ0n) is 24.1. The van der Waals surface area contributed by atoms with Crippen molar-refractivity contribution in [1.29, 1.82) is 0 Å². The molecule has 1 amide bonds. The molecule has 0 radical (unpaired) electrons. The van der Waals surface area contributed by atoms with Gasteiger partial charge >= 0.3 is 24.7 Å². The molecule has 268 valence electrons. The molecule has 0 fully saturated rings. The lowest BCUT2D eigenvalue weighted by Crippen LogP contribution is -2.42. The van der Waals surface area contributed by atoms with Gasteiger partial charge in [-0.1, -0.05) is 34.4 Å². The molecule has 0 bridgehead atoms. The Balaban J connectivity index is 1.69. The quantitative estimate of drug-likeness (QED) is 0.170. The first kappa shape index (κ1) is 38.0. The summed E-state index contributed by atoms with van der Waals surface area (Å²) >= 11 is 11.4. The number of aromatic nitrogens is 3. The Morgan fingerprint density at radius 3 is 2.06 bits per heavy atom. The molecule has 4 rings (SSSR count). The monoisotopic (exact) mass is 761 g/mol. The van der Waals surface area contributed by atoms with Crippen LogP contribution < -0.4 is 4.90 Å². The molecule has 22 heteroatoms. The van der Waals surface area contributed by atoms with Crippen LogP contribution in [0.1, 0.15) is 45.7 Å². The van der Waals surface area contributed by atoms with Gasteiger partial charge in [0, 0.05) is 24.0 Å². The van der Waals surface area contributed by atoms with Gasteiger partial charge in [0.25, 0.3) is 17.5 Å². The second kappa shape index (κ2) is 13.1. The van der Waals surface area contributed by atoms with E-state index in [2.05, 4.69) is 15.2 Å². The maximum absolute atomic E-state index is 14.4. The molecular weight excluding hydrogens is 744 g/mol. The minimum atomic E-state index is -5.21. The minimum Gasteiger partial charge on any atom is -0.374 e. The Bertz CT molecular complexity index is 1740. The van der Waals surface area contributed by atoms with Gasteiger partial charge in [0.05, 0.1) is 22.2 Å². The largest absolute Gasteiger partial charge is 0.435 e. The number of nitrogens with zero attached hydrogens (tertiary/aromatic N) is 5. The molecule has 1 aromatic heterocycles. The summed E-state index contributed by atoms with van der Waals surface area (Å²) in [5.74, 6) is -5.04. The second-order valence-corrected chi connectivity index (χ2v) is 11.5. The van der Waals surface area contributed by atoms with E-state index in [1.54, 1.807) is 0 Å². The summed E-state index contributed by atoms with van der Waals surface area (Å²) in [5, 5.41) is 5.24. The minimum absolute atomic E-state index is 0.0969. The summed E-state index contributed by atoms with van der Waals surface area (Å²) in [4.78, 5) is 21.4. The molecule has 1 atom stereocenters. The lowest BCUT2D eigenvalue weighted by Gasteiger charge is -2.29. The van der Waals surface area contributed by atoms with E-state index in [1.807, 2.05) is 0 Å². The predicted octanol–water partition coefficient (Wildman–Crippen LogP) is 8.88. The van der Waals surface area contributed by atoms with E-state index in [0.717, 1.165) is 25.1 Å². The molecule has 0 spiro atoms. The molecule has 1 unspecified atom stereocenters. The van der Waals surface area contributed by atoms with Crippen LogP contribution in [0, 0.1) is 12.7 Å². The first-order chi connectivity index (χ1) is 22.3. The van der Waals surface area contributed by atoms with E-state index in [4.69, 9.17) is 28.0 Å². The van der Waals surface area contributed by atoms with E-state index < -0.39 is 107 Å². The molecule has 2 heterocycles. The summed E-state index contributed by atoms with van der Waals surface area (Å²) in [7, 11) is 0. The van der Waals surface area contributed by atoms with E-state index in [1.165, 1.54) is 0 Å². The predicted molar refractivity (Wildman–Crippen MR) is 146 cm³/mol. The van der Waals surface area contributed by atoms with Crippen molar-refractivity contribution < 1.29 is 66.7 Å². The fourth-order valence-corrected chi connectivity index (χ4v) is 5.19. The first-order valence-electron chi connectivity index (χ1n) is 13.3. The summed E-state index contributed by atoms with van der Waals surface area (Å²) in [6, 6.07) is 4.17. The van der Waals surface area contributed by atoms with Gasteiger partial charge in [0.2, 0.25) is 0 Å². The fourth-order valence-electron chi connectivity index (χ4n) is 4.70. The number of carbonyl (C=O) groups is 1. The SMILES string of the molecule is Cc1cc(C2=NOC(c3cc(Cl)c(F)c(Cl)c3)(C(F)(F)F)C2)ccc1C(=O)N(CC(F)(F)F)c1nc(CCC(F)(F)F)n(CC(F)(F)F)n1. The summed E-state index contributed by atoms with van der Waals surface area (Å²) in [5.41, 5.74) is -5.17. The third kappa shape index (κ3) is 8.68. The normalized spacial score (nSPS) is 17.3. The summed E-state index contributed by atoms with van der Waals surface area (Å²) < 4.78 is 175. The highest BCUT2D eigenvalue weighted by atomic mass is 35.5. The first-order valence-corrected chi connectivity index (χ1v) is 14.1. The summed E-state index contributed by atoms with van der Waals surface area (Å²) in [6.45, 7) is -3.06. The third-order valence-electron chi connectivity index (χ3n) is 6.95. The zero-order chi connectivity index (χ0) is 36.9. The molecule has 0 aliphatic carbocycles. The number of carbonyl (C=O) groups excluding carboxylic acids is 1. The maximum Gasteiger partial charge on any atom is 0.435 e. The molecule has 3 aromatic rings. The van der Waals surface area contributed by atoms with Crippen LogP contribution in [-0.4, -0.2) is 57.6 Å². The van der Waals surface area contributed by atoms with Crippen molar-refractivity contribution in [3.8, 4) is 0 Å². The van der Waals surface area contributed by atoms with Crippen LogP contribution in [0.25, 0.3) is 0 Å². The van der Waals surface area contributed by atoms with Gasteiger partial charge < -0.3 is 4.84 Å². The molecule has 2 aromatic carbocycles. The van der Waals surface area contributed by atoms with Gasteiger partial charge in [0.15, 0.2) is 5.82 Å². The van der Waals surface area contributed by atoms with Crippen LogP contribution in [0.2, 0.25) is 10.0 Å². The average molecular weight is 762 g/mol. The Labute approximate surface area is 276 Å². The number of aryl methyl sites for hydroxylation is 2. The fraction of sp³-hybridized carbons (Fsp3) is 0.407. The maximum atomic E-state index is 14.4. The molecule has 0 N–H and O–H groups in total. The third-order valence-corrected chi connectivity index (χ3v) is 7.50. The topological polar surface area (TPSA) is 72.6 Å². The van der Waals surface area contributed by atoms with Crippen molar-refractivity contribution >= 4 is 40.8 Å². The van der Waals surface area contributed by atoms with Gasteiger partial charge in [-0.3, -0.25) is 9.69 Å². The van der Waals surface area contributed by atoms with E-state index in [-0.39, 0.29) is 26.4 Å². The van der Waals surface area contributed by atoms with Crippen LogP contribution in [0.5, 0.6) is 0 Å². The number of rotatable bonds is 8. The summed E-state index contributed by atoms with van der Waals surface area (Å²) in [6.07, 6.45) is -24.3. The van der Waals surface area contributed by atoms with Crippen molar-refractivity contribution in [3.05, 3.63) is 74.3 Å². The van der Waals surface area contributed by atoms with Crippen molar-refractivity contribution in [2.75, 3.05) is 11.4 Å². The van der Waals surface area contributed by atoms with Gasteiger partial charge in [-0.2, -0.15) is 57.7 Å². The number of alkyl halides is 12. The second-order valence-electron chi connectivity index (χ2n) is 10.6. The number of hydrogen-bond donors (Lipinski definition) is 0. The smallest absolute Gasteiger partial charge is 0.374 e. The highest BCUT2D eigenvalue weighted by Crippen LogP contribution is 2.50. The lowest BCUT2D eigenvalue weighted by atomic mass is 9.86. The Morgan fingerprint density at radius 1 is 0.939 bits per heavy atom.